The van der Waals surface area contributed by atoms with Gasteiger partial charge in [0, 0.05) is 31.0 Å². The zero-order chi connectivity index (χ0) is 28.5. The van der Waals surface area contributed by atoms with Gasteiger partial charge in [0.2, 0.25) is 0 Å². The summed E-state index contributed by atoms with van der Waals surface area (Å²) < 4.78 is 45.2. The third kappa shape index (κ3) is 5.77. The number of anilines is 2. The Kier molecular flexibility index (Phi) is 7.72. The van der Waals surface area contributed by atoms with E-state index in [1.807, 2.05) is 32.8 Å². The van der Waals surface area contributed by atoms with Gasteiger partial charge in [-0.15, -0.1) is 0 Å². The minimum atomic E-state index is -4.56. The van der Waals surface area contributed by atoms with E-state index in [4.69, 9.17) is 4.74 Å². The summed E-state index contributed by atoms with van der Waals surface area (Å²) >= 11 is 0. The first-order valence-electron chi connectivity index (χ1n) is 12.4. The van der Waals surface area contributed by atoms with Crippen LogP contribution in [0.1, 0.15) is 36.6 Å². The van der Waals surface area contributed by atoms with Crippen molar-refractivity contribution in [3.63, 3.8) is 0 Å². The number of carbonyl (C=O) groups excluding carboxylic acids is 2. The molecule has 1 aliphatic rings. The van der Waals surface area contributed by atoms with Crippen molar-refractivity contribution in [2.24, 2.45) is 5.92 Å². The van der Waals surface area contributed by atoms with Crippen molar-refractivity contribution < 1.29 is 32.6 Å². The number of aliphatic hydroxyl groups excluding tert-OH is 1. The molecule has 6 nitrogen and oxygen atoms in total. The van der Waals surface area contributed by atoms with Crippen LogP contribution in [0.3, 0.4) is 0 Å². The molecule has 39 heavy (non-hydrogen) atoms. The molecule has 3 aromatic rings. The Balaban J connectivity index is 1.82. The van der Waals surface area contributed by atoms with Crippen molar-refractivity contribution in [2.45, 2.75) is 26.1 Å². The maximum Gasteiger partial charge on any atom is 0.416 e. The molecule has 1 fully saturated rings. The van der Waals surface area contributed by atoms with Gasteiger partial charge in [0.05, 0.1) is 23.8 Å². The zero-order valence-electron chi connectivity index (χ0n) is 22.0. The SMILES string of the molecule is CC(C)COc1ccc(/C(O)=C2\C(=O)C(=O)N(c3ccc(C(F)(F)F)cc3)C2c2ccc(N(C)C)cc2)cc1. The maximum atomic E-state index is 13.3. The van der Waals surface area contributed by atoms with Crippen molar-refractivity contribution in [3.05, 3.63) is 95.1 Å². The largest absolute Gasteiger partial charge is 0.507 e. The van der Waals surface area contributed by atoms with E-state index in [2.05, 4.69) is 0 Å². The molecule has 1 unspecified atom stereocenters. The zero-order valence-corrected chi connectivity index (χ0v) is 22.0. The van der Waals surface area contributed by atoms with Crippen LogP contribution in [-0.4, -0.2) is 37.5 Å². The number of carbonyl (C=O) groups is 2. The van der Waals surface area contributed by atoms with Crippen molar-refractivity contribution in [1.82, 2.24) is 0 Å². The van der Waals surface area contributed by atoms with Crippen LogP contribution >= 0.6 is 0 Å². The minimum Gasteiger partial charge on any atom is -0.507 e. The smallest absolute Gasteiger partial charge is 0.416 e. The van der Waals surface area contributed by atoms with E-state index in [0.717, 1.165) is 34.9 Å². The van der Waals surface area contributed by atoms with Gasteiger partial charge in [-0.1, -0.05) is 26.0 Å². The van der Waals surface area contributed by atoms with E-state index in [1.165, 1.54) is 0 Å². The second kappa shape index (κ2) is 10.8. The van der Waals surface area contributed by atoms with E-state index in [9.17, 15) is 27.9 Å². The molecule has 1 heterocycles. The van der Waals surface area contributed by atoms with Gasteiger partial charge in [0.25, 0.3) is 11.7 Å². The molecule has 0 spiro atoms. The lowest BCUT2D eigenvalue weighted by Crippen LogP contribution is -2.29. The number of nitrogens with zero attached hydrogens (tertiary/aromatic N) is 2. The Morgan fingerprint density at radius 3 is 2.05 bits per heavy atom. The fourth-order valence-electron chi connectivity index (χ4n) is 4.31. The number of halogens is 3. The van der Waals surface area contributed by atoms with Crippen molar-refractivity contribution in [1.29, 1.82) is 0 Å². The summed E-state index contributed by atoms with van der Waals surface area (Å²) in [5.41, 5.74) is 0.735. The number of hydrogen-bond acceptors (Lipinski definition) is 5. The number of amides is 1. The summed E-state index contributed by atoms with van der Waals surface area (Å²) in [6.07, 6.45) is -4.56. The van der Waals surface area contributed by atoms with Crippen LogP contribution in [0, 0.1) is 5.92 Å². The fourth-order valence-corrected chi connectivity index (χ4v) is 4.31. The Morgan fingerprint density at radius 1 is 0.949 bits per heavy atom. The number of Topliss-reactive ketones (excluding diaryl/α,β-unsaturated/α-hetero) is 1. The highest BCUT2D eigenvalue weighted by Gasteiger charge is 2.47. The van der Waals surface area contributed by atoms with E-state index in [0.29, 0.717) is 29.4 Å². The van der Waals surface area contributed by atoms with Crippen molar-refractivity contribution >= 4 is 28.8 Å². The van der Waals surface area contributed by atoms with Crippen molar-refractivity contribution in [3.8, 4) is 5.75 Å². The minimum absolute atomic E-state index is 0.100. The number of ether oxygens (including phenoxy) is 1. The van der Waals surface area contributed by atoms with E-state index in [-0.39, 0.29) is 17.0 Å². The van der Waals surface area contributed by atoms with Gasteiger partial charge >= 0.3 is 6.18 Å². The lowest BCUT2D eigenvalue weighted by molar-refractivity contribution is -0.137. The van der Waals surface area contributed by atoms with Gasteiger partial charge in [0.1, 0.15) is 11.5 Å². The quantitative estimate of drug-likeness (QED) is 0.213. The predicted molar refractivity (Wildman–Crippen MR) is 144 cm³/mol. The van der Waals surface area contributed by atoms with E-state index >= 15 is 0 Å². The number of hydrogen-bond donors (Lipinski definition) is 1. The van der Waals surface area contributed by atoms with Gasteiger partial charge < -0.3 is 14.7 Å². The second-order valence-electron chi connectivity index (χ2n) is 9.93. The third-order valence-electron chi connectivity index (χ3n) is 6.35. The number of alkyl halides is 3. The normalized spacial score (nSPS) is 17.1. The third-order valence-corrected chi connectivity index (χ3v) is 6.35. The predicted octanol–water partition coefficient (Wildman–Crippen LogP) is 6.43. The molecular formula is C30H29F3N2O4. The van der Waals surface area contributed by atoms with E-state index in [1.54, 1.807) is 48.5 Å². The average molecular weight is 539 g/mol. The highest BCUT2D eigenvalue weighted by Crippen LogP contribution is 2.43. The summed E-state index contributed by atoms with van der Waals surface area (Å²) in [5.74, 6) is -1.37. The summed E-state index contributed by atoms with van der Waals surface area (Å²) in [6.45, 7) is 4.54. The number of rotatable bonds is 7. The summed E-state index contributed by atoms with van der Waals surface area (Å²) in [4.78, 5) is 29.6. The van der Waals surface area contributed by atoms with Gasteiger partial charge in [-0.25, -0.2) is 0 Å². The van der Waals surface area contributed by atoms with Crippen LogP contribution in [0.15, 0.2) is 78.4 Å². The molecular weight excluding hydrogens is 509 g/mol. The molecule has 1 saturated heterocycles. The van der Waals surface area contributed by atoms with Crippen LogP contribution < -0.4 is 14.5 Å². The molecule has 0 bridgehead atoms. The first-order valence-corrected chi connectivity index (χ1v) is 12.4. The average Bonchev–Trinajstić information content (AvgIpc) is 3.17. The van der Waals surface area contributed by atoms with Crippen LogP contribution in [-0.2, 0) is 15.8 Å². The molecule has 4 rings (SSSR count). The monoisotopic (exact) mass is 538 g/mol. The summed E-state index contributed by atoms with van der Waals surface area (Å²) in [5, 5.41) is 11.3. The van der Waals surface area contributed by atoms with Gasteiger partial charge in [-0.2, -0.15) is 13.2 Å². The molecule has 0 radical (unpaired) electrons. The number of benzene rings is 3. The van der Waals surface area contributed by atoms with E-state index < -0.39 is 29.5 Å². The first-order chi connectivity index (χ1) is 18.4. The lowest BCUT2D eigenvalue weighted by atomic mass is 9.94. The molecule has 0 saturated carbocycles. The Hall–Kier alpha value is -4.27. The molecule has 3 aromatic carbocycles. The van der Waals surface area contributed by atoms with Crippen LogP contribution in [0.4, 0.5) is 24.5 Å². The molecule has 1 aliphatic heterocycles. The number of ketones is 1. The lowest BCUT2D eigenvalue weighted by Gasteiger charge is -2.26. The molecule has 1 N–H and O–H groups in total. The highest BCUT2D eigenvalue weighted by atomic mass is 19.4. The van der Waals surface area contributed by atoms with Crippen LogP contribution in [0.5, 0.6) is 5.75 Å². The Morgan fingerprint density at radius 2 is 1.54 bits per heavy atom. The molecule has 0 aliphatic carbocycles. The molecule has 1 amide bonds. The molecule has 204 valence electrons. The summed E-state index contributed by atoms with van der Waals surface area (Å²) in [7, 11) is 3.72. The fraction of sp³-hybridized carbons (Fsp3) is 0.267. The second-order valence-corrected chi connectivity index (χ2v) is 9.93. The molecule has 1 atom stereocenters. The van der Waals surface area contributed by atoms with Gasteiger partial charge in [0.15, 0.2) is 0 Å². The number of aliphatic hydroxyl groups is 1. The highest BCUT2D eigenvalue weighted by molar-refractivity contribution is 6.51. The first kappa shape index (κ1) is 27.8. The Bertz CT molecular complexity index is 1380. The van der Waals surface area contributed by atoms with Gasteiger partial charge in [-0.05, 0) is 72.1 Å². The maximum absolute atomic E-state index is 13.3. The Labute approximate surface area is 224 Å². The topological polar surface area (TPSA) is 70.1 Å². The van der Waals surface area contributed by atoms with Gasteiger partial charge in [-0.3, -0.25) is 14.5 Å². The van der Waals surface area contributed by atoms with Crippen molar-refractivity contribution in [2.75, 3.05) is 30.5 Å². The summed E-state index contributed by atoms with van der Waals surface area (Å²) in [6, 6.07) is 16.5. The molecule has 0 aromatic heterocycles. The standard InChI is InChI=1S/C30H29F3N2O4/c1-18(2)17-39-24-15-7-20(8-16-24)27(36)25-26(19-5-11-22(12-6-19)34(3)4)35(29(38)28(25)37)23-13-9-21(10-14-23)30(31,32)33/h5-16,18,26,36H,17H2,1-4H3/b27-25+. The molecule has 9 heteroatoms. The van der Waals surface area contributed by atoms with Crippen LogP contribution in [0.2, 0.25) is 0 Å². The van der Waals surface area contributed by atoms with Crippen LogP contribution in [0.25, 0.3) is 5.76 Å².